The van der Waals surface area contributed by atoms with Crippen LogP contribution in [0, 0.1) is 5.92 Å². The van der Waals surface area contributed by atoms with Gasteiger partial charge in [-0.3, -0.25) is 4.90 Å². The van der Waals surface area contributed by atoms with Gasteiger partial charge in [0.05, 0.1) is 6.54 Å². The van der Waals surface area contributed by atoms with Crippen LogP contribution in [-0.4, -0.2) is 29.2 Å². The SMILES string of the molecule is CC1CCCN(Cc2cc(-c3ccccc3)no2)C1CN.Cl. The number of aromatic nitrogens is 1. The fourth-order valence-electron chi connectivity index (χ4n) is 3.24. The van der Waals surface area contributed by atoms with E-state index in [1.807, 2.05) is 36.4 Å². The molecule has 0 saturated carbocycles. The Hall–Kier alpha value is -1.36. The Balaban J connectivity index is 0.00000176. The van der Waals surface area contributed by atoms with E-state index in [2.05, 4.69) is 17.0 Å². The van der Waals surface area contributed by atoms with E-state index in [0.717, 1.165) is 30.1 Å². The van der Waals surface area contributed by atoms with Crippen molar-refractivity contribution in [2.45, 2.75) is 32.4 Å². The largest absolute Gasteiger partial charge is 0.359 e. The first-order valence-electron chi connectivity index (χ1n) is 7.73. The fourth-order valence-corrected chi connectivity index (χ4v) is 3.24. The molecule has 2 heterocycles. The molecule has 2 unspecified atom stereocenters. The Labute approximate surface area is 138 Å². The lowest BCUT2D eigenvalue weighted by molar-refractivity contribution is 0.0893. The molecule has 5 heteroatoms. The summed E-state index contributed by atoms with van der Waals surface area (Å²) in [6, 6.07) is 12.6. The number of hydrogen-bond donors (Lipinski definition) is 1. The normalized spacial score (nSPS) is 22.3. The van der Waals surface area contributed by atoms with Gasteiger partial charge < -0.3 is 10.3 Å². The summed E-state index contributed by atoms with van der Waals surface area (Å²) in [5.74, 6) is 1.57. The number of likely N-dealkylation sites (tertiary alicyclic amines) is 1. The molecule has 1 aliphatic rings. The molecule has 1 aromatic carbocycles. The minimum Gasteiger partial charge on any atom is -0.359 e. The van der Waals surface area contributed by atoms with Crippen LogP contribution in [0.5, 0.6) is 0 Å². The van der Waals surface area contributed by atoms with Gasteiger partial charge in [-0.15, -0.1) is 12.4 Å². The van der Waals surface area contributed by atoms with Crippen molar-refractivity contribution in [1.82, 2.24) is 10.1 Å². The lowest BCUT2D eigenvalue weighted by atomic mass is 9.91. The maximum absolute atomic E-state index is 5.95. The number of nitrogens with zero attached hydrogens (tertiary/aromatic N) is 2. The van der Waals surface area contributed by atoms with E-state index in [1.165, 1.54) is 12.8 Å². The van der Waals surface area contributed by atoms with Gasteiger partial charge in [-0.05, 0) is 25.3 Å². The van der Waals surface area contributed by atoms with Crippen LogP contribution in [0.3, 0.4) is 0 Å². The second-order valence-electron chi connectivity index (χ2n) is 5.94. The molecule has 0 bridgehead atoms. The van der Waals surface area contributed by atoms with Crippen LogP contribution in [0.25, 0.3) is 11.3 Å². The third-order valence-electron chi connectivity index (χ3n) is 4.46. The first kappa shape index (κ1) is 17.0. The summed E-state index contributed by atoms with van der Waals surface area (Å²) < 4.78 is 5.52. The number of halogens is 1. The molecule has 2 aromatic rings. The van der Waals surface area contributed by atoms with Gasteiger partial charge in [0.1, 0.15) is 5.69 Å². The number of benzene rings is 1. The maximum atomic E-state index is 5.95. The van der Waals surface area contributed by atoms with Crippen LogP contribution in [0.15, 0.2) is 40.9 Å². The van der Waals surface area contributed by atoms with Crippen LogP contribution >= 0.6 is 12.4 Å². The van der Waals surface area contributed by atoms with Gasteiger partial charge in [0, 0.05) is 24.2 Å². The number of nitrogens with two attached hydrogens (primary N) is 1. The van der Waals surface area contributed by atoms with Crippen LogP contribution < -0.4 is 5.73 Å². The number of hydrogen-bond acceptors (Lipinski definition) is 4. The van der Waals surface area contributed by atoms with E-state index in [0.29, 0.717) is 18.5 Å². The predicted molar refractivity (Wildman–Crippen MR) is 90.8 cm³/mol. The Bertz CT molecular complexity index is 572. The zero-order valence-corrected chi connectivity index (χ0v) is 13.8. The second-order valence-corrected chi connectivity index (χ2v) is 5.94. The Kier molecular flexibility index (Phi) is 6.00. The summed E-state index contributed by atoms with van der Waals surface area (Å²) in [6.07, 6.45) is 2.50. The second kappa shape index (κ2) is 7.77. The molecule has 0 spiro atoms. The standard InChI is InChI=1S/C17H23N3O.ClH/c1-13-6-5-9-20(17(13)11-18)12-15-10-16(19-21-15)14-7-3-2-4-8-14;/h2-4,7-8,10,13,17H,5-6,9,11-12,18H2,1H3;1H. The van der Waals surface area contributed by atoms with Gasteiger partial charge in [0.25, 0.3) is 0 Å². The molecule has 0 amide bonds. The summed E-state index contributed by atoms with van der Waals surface area (Å²) in [4.78, 5) is 2.43. The van der Waals surface area contributed by atoms with E-state index in [1.54, 1.807) is 0 Å². The quantitative estimate of drug-likeness (QED) is 0.938. The van der Waals surface area contributed by atoms with Gasteiger partial charge in [-0.2, -0.15) is 0 Å². The average Bonchev–Trinajstić information content (AvgIpc) is 2.97. The van der Waals surface area contributed by atoms with E-state index in [9.17, 15) is 0 Å². The summed E-state index contributed by atoms with van der Waals surface area (Å²) in [7, 11) is 0. The molecule has 2 N–H and O–H groups in total. The highest BCUT2D eigenvalue weighted by molar-refractivity contribution is 5.85. The Morgan fingerprint density at radius 1 is 1.32 bits per heavy atom. The molecular weight excluding hydrogens is 298 g/mol. The van der Waals surface area contributed by atoms with Gasteiger partial charge >= 0.3 is 0 Å². The highest BCUT2D eigenvalue weighted by atomic mass is 35.5. The highest BCUT2D eigenvalue weighted by Gasteiger charge is 2.28. The molecule has 22 heavy (non-hydrogen) atoms. The third kappa shape index (κ3) is 3.69. The molecule has 1 saturated heterocycles. The predicted octanol–water partition coefficient (Wildman–Crippen LogP) is 3.32. The summed E-state index contributed by atoms with van der Waals surface area (Å²) in [5, 5.41) is 4.19. The lowest BCUT2D eigenvalue weighted by Crippen LogP contribution is -2.47. The molecule has 1 fully saturated rings. The monoisotopic (exact) mass is 321 g/mol. The van der Waals surface area contributed by atoms with Crippen molar-refractivity contribution in [2.24, 2.45) is 11.7 Å². The average molecular weight is 322 g/mol. The molecule has 1 aromatic heterocycles. The Morgan fingerprint density at radius 2 is 2.09 bits per heavy atom. The summed E-state index contributed by atoms with van der Waals surface area (Å²) >= 11 is 0. The summed E-state index contributed by atoms with van der Waals surface area (Å²) in [5.41, 5.74) is 7.94. The van der Waals surface area contributed by atoms with Crippen molar-refractivity contribution in [3.8, 4) is 11.3 Å². The summed E-state index contributed by atoms with van der Waals surface area (Å²) in [6.45, 7) is 4.89. The number of piperidine rings is 1. The van der Waals surface area contributed by atoms with Crippen LogP contribution in [0.1, 0.15) is 25.5 Å². The molecule has 0 radical (unpaired) electrons. The van der Waals surface area contributed by atoms with Crippen molar-refractivity contribution < 1.29 is 4.52 Å². The smallest absolute Gasteiger partial charge is 0.151 e. The highest BCUT2D eigenvalue weighted by Crippen LogP contribution is 2.25. The van der Waals surface area contributed by atoms with Crippen molar-refractivity contribution in [3.63, 3.8) is 0 Å². The Morgan fingerprint density at radius 3 is 2.82 bits per heavy atom. The minimum absolute atomic E-state index is 0. The van der Waals surface area contributed by atoms with Gasteiger partial charge in [0.2, 0.25) is 0 Å². The fraction of sp³-hybridized carbons (Fsp3) is 0.471. The van der Waals surface area contributed by atoms with Crippen LogP contribution in [0.2, 0.25) is 0 Å². The van der Waals surface area contributed by atoms with Crippen LogP contribution in [0.4, 0.5) is 0 Å². The topological polar surface area (TPSA) is 55.3 Å². The van der Waals surface area contributed by atoms with E-state index in [-0.39, 0.29) is 12.4 Å². The van der Waals surface area contributed by atoms with Crippen LogP contribution in [-0.2, 0) is 6.54 Å². The first-order chi connectivity index (χ1) is 10.3. The van der Waals surface area contributed by atoms with Gasteiger partial charge in [-0.25, -0.2) is 0 Å². The molecule has 1 aliphatic heterocycles. The van der Waals surface area contributed by atoms with Crippen molar-refractivity contribution in [1.29, 1.82) is 0 Å². The van der Waals surface area contributed by atoms with Gasteiger partial charge in [0.15, 0.2) is 5.76 Å². The van der Waals surface area contributed by atoms with E-state index < -0.39 is 0 Å². The van der Waals surface area contributed by atoms with E-state index in [4.69, 9.17) is 10.3 Å². The molecule has 4 nitrogen and oxygen atoms in total. The molecule has 0 aliphatic carbocycles. The zero-order chi connectivity index (χ0) is 14.7. The van der Waals surface area contributed by atoms with Crippen molar-refractivity contribution in [2.75, 3.05) is 13.1 Å². The molecule has 120 valence electrons. The molecule has 3 rings (SSSR count). The minimum atomic E-state index is 0. The van der Waals surface area contributed by atoms with Crippen molar-refractivity contribution >= 4 is 12.4 Å². The molecule has 2 atom stereocenters. The first-order valence-corrected chi connectivity index (χ1v) is 7.73. The maximum Gasteiger partial charge on any atom is 0.151 e. The third-order valence-corrected chi connectivity index (χ3v) is 4.46. The van der Waals surface area contributed by atoms with E-state index >= 15 is 0 Å². The molecular formula is C17H24ClN3O. The van der Waals surface area contributed by atoms with Crippen molar-refractivity contribution in [3.05, 3.63) is 42.2 Å². The zero-order valence-electron chi connectivity index (χ0n) is 12.9. The lowest BCUT2D eigenvalue weighted by Gasteiger charge is -2.38. The number of rotatable bonds is 4. The van der Waals surface area contributed by atoms with Gasteiger partial charge in [-0.1, -0.05) is 42.4 Å².